The number of hydrogen-bond donors (Lipinski definition) is 0. The van der Waals surface area contributed by atoms with E-state index in [1.165, 1.54) is 18.0 Å². The topological polar surface area (TPSA) is 73.5 Å². The zero-order chi connectivity index (χ0) is 10.6. The second-order valence-corrected chi connectivity index (χ2v) is 2.71. The maximum atomic E-state index is 11.1. The SMILES string of the molecule is CCCn1cc(N=O)c(C(=O)OC)n1. The second kappa shape index (κ2) is 4.50. The van der Waals surface area contributed by atoms with Gasteiger partial charge in [0.25, 0.3) is 0 Å². The molecule has 0 saturated heterocycles. The van der Waals surface area contributed by atoms with Crippen molar-refractivity contribution in [2.24, 2.45) is 5.18 Å². The number of ether oxygens (including phenoxy) is 1. The number of methoxy groups -OCH3 is 1. The summed E-state index contributed by atoms with van der Waals surface area (Å²) in [7, 11) is 1.23. The lowest BCUT2D eigenvalue weighted by molar-refractivity contribution is 0.0594. The zero-order valence-electron chi connectivity index (χ0n) is 8.06. The number of carbonyl (C=O) groups is 1. The molecule has 0 N–H and O–H groups in total. The summed E-state index contributed by atoms with van der Waals surface area (Å²) in [6, 6.07) is 0. The van der Waals surface area contributed by atoms with Crippen molar-refractivity contribution < 1.29 is 9.53 Å². The molecule has 0 unspecified atom stereocenters. The first kappa shape index (κ1) is 10.4. The summed E-state index contributed by atoms with van der Waals surface area (Å²) in [5.41, 5.74) is -0.0127. The number of hydrogen-bond acceptors (Lipinski definition) is 5. The summed E-state index contributed by atoms with van der Waals surface area (Å²) < 4.78 is 5.96. The summed E-state index contributed by atoms with van der Waals surface area (Å²) in [5.74, 6) is -0.644. The molecule has 0 aliphatic carbocycles. The third-order valence-electron chi connectivity index (χ3n) is 1.67. The van der Waals surface area contributed by atoms with Crippen molar-refractivity contribution in [2.45, 2.75) is 19.9 Å². The number of nitrogens with zero attached hydrogens (tertiary/aromatic N) is 3. The molecule has 0 saturated carbocycles. The highest BCUT2D eigenvalue weighted by atomic mass is 16.5. The van der Waals surface area contributed by atoms with E-state index in [2.05, 4.69) is 15.0 Å². The third-order valence-corrected chi connectivity index (χ3v) is 1.67. The van der Waals surface area contributed by atoms with Crippen LogP contribution in [0.5, 0.6) is 0 Å². The molecule has 0 spiro atoms. The van der Waals surface area contributed by atoms with E-state index in [9.17, 15) is 9.70 Å². The molecule has 0 fully saturated rings. The standard InChI is InChI=1S/C8H11N3O3/c1-3-4-11-5-6(10-13)7(9-11)8(12)14-2/h5H,3-4H2,1-2H3. The molecule has 0 aliphatic heterocycles. The Balaban J connectivity index is 3.01. The Morgan fingerprint density at radius 2 is 2.43 bits per heavy atom. The van der Waals surface area contributed by atoms with Gasteiger partial charge in [0.2, 0.25) is 0 Å². The van der Waals surface area contributed by atoms with Crippen LogP contribution in [0.1, 0.15) is 23.8 Å². The lowest BCUT2D eigenvalue weighted by atomic mass is 10.4. The normalized spacial score (nSPS) is 9.86. The van der Waals surface area contributed by atoms with Gasteiger partial charge in [-0.15, -0.1) is 4.91 Å². The molecule has 1 aromatic rings. The van der Waals surface area contributed by atoms with Gasteiger partial charge in [0.15, 0.2) is 11.4 Å². The lowest BCUT2D eigenvalue weighted by Gasteiger charge is -1.95. The van der Waals surface area contributed by atoms with Gasteiger partial charge in [-0.05, 0) is 11.6 Å². The molecule has 0 aliphatic rings. The van der Waals surface area contributed by atoms with Gasteiger partial charge >= 0.3 is 5.97 Å². The van der Waals surface area contributed by atoms with Crippen LogP contribution in [-0.4, -0.2) is 22.9 Å². The summed E-state index contributed by atoms with van der Waals surface area (Å²) in [6.07, 6.45) is 2.29. The van der Waals surface area contributed by atoms with E-state index < -0.39 is 5.97 Å². The highest BCUT2D eigenvalue weighted by Gasteiger charge is 2.17. The Bertz CT molecular complexity index is 346. The molecular formula is C8H11N3O3. The molecule has 1 aromatic heterocycles. The smallest absolute Gasteiger partial charge is 0.360 e. The van der Waals surface area contributed by atoms with Crippen LogP contribution in [0.3, 0.4) is 0 Å². The van der Waals surface area contributed by atoms with Crippen LogP contribution < -0.4 is 0 Å². The minimum Gasteiger partial charge on any atom is -0.464 e. The molecule has 0 bridgehead atoms. The summed E-state index contributed by atoms with van der Waals surface area (Å²) in [5, 5.41) is 6.60. The fraction of sp³-hybridized carbons (Fsp3) is 0.500. The first-order valence-electron chi connectivity index (χ1n) is 4.22. The highest BCUT2D eigenvalue weighted by Crippen LogP contribution is 2.17. The van der Waals surface area contributed by atoms with Crippen molar-refractivity contribution in [3.05, 3.63) is 16.8 Å². The van der Waals surface area contributed by atoms with Gasteiger partial charge in [-0.25, -0.2) is 4.79 Å². The molecule has 1 heterocycles. The average Bonchev–Trinajstić information content (AvgIpc) is 2.60. The van der Waals surface area contributed by atoms with Crippen molar-refractivity contribution in [2.75, 3.05) is 7.11 Å². The minimum atomic E-state index is -0.644. The summed E-state index contributed by atoms with van der Waals surface area (Å²) >= 11 is 0. The Kier molecular flexibility index (Phi) is 3.33. The molecule has 0 amide bonds. The maximum Gasteiger partial charge on any atom is 0.360 e. The van der Waals surface area contributed by atoms with Gasteiger partial charge < -0.3 is 4.74 Å². The predicted molar refractivity (Wildman–Crippen MR) is 49.3 cm³/mol. The van der Waals surface area contributed by atoms with E-state index in [1.807, 2.05) is 6.92 Å². The fourth-order valence-corrected chi connectivity index (χ4v) is 1.06. The monoisotopic (exact) mass is 197 g/mol. The first-order chi connectivity index (χ1) is 6.72. The molecule has 1 rings (SSSR count). The molecule has 0 aromatic carbocycles. The maximum absolute atomic E-state index is 11.1. The number of aryl methyl sites for hydroxylation is 1. The average molecular weight is 197 g/mol. The van der Waals surface area contributed by atoms with Gasteiger partial charge in [-0.3, -0.25) is 4.68 Å². The van der Waals surface area contributed by atoms with Gasteiger partial charge in [0.1, 0.15) is 0 Å². The van der Waals surface area contributed by atoms with Crippen LogP contribution in [0, 0.1) is 4.91 Å². The van der Waals surface area contributed by atoms with Crippen molar-refractivity contribution in [1.29, 1.82) is 0 Å². The van der Waals surface area contributed by atoms with Crippen LogP contribution in [-0.2, 0) is 11.3 Å². The number of aromatic nitrogens is 2. The molecule has 6 heteroatoms. The first-order valence-corrected chi connectivity index (χ1v) is 4.22. The number of nitroso groups, excluding NO2 is 1. The van der Waals surface area contributed by atoms with Gasteiger partial charge in [-0.1, -0.05) is 6.92 Å². The molecule has 0 atom stereocenters. The van der Waals surface area contributed by atoms with Crippen molar-refractivity contribution in [3.8, 4) is 0 Å². The molecule has 6 nitrogen and oxygen atoms in total. The van der Waals surface area contributed by atoms with Crippen LogP contribution in [0.4, 0.5) is 5.69 Å². The Morgan fingerprint density at radius 3 is 2.93 bits per heavy atom. The molecule has 0 radical (unpaired) electrons. The van der Waals surface area contributed by atoms with Crippen LogP contribution in [0.25, 0.3) is 0 Å². The van der Waals surface area contributed by atoms with E-state index in [4.69, 9.17) is 0 Å². The Labute approximate surface area is 80.8 Å². The Morgan fingerprint density at radius 1 is 1.71 bits per heavy atom. The van der Waals surface area contributed by atoms with Crippen LogP contribution >= 0.6 is 0 Å². The predicted octanol–water partition coefficient (Wildman–Crippen LogP) is 1.48. The summed E-state index contributed by atoms with van der Waals surface area (Å²) in [4.78, 5) is 21.5. The van der Waals surface area contributed by atoms with E-state index in [0.29, 0.717) is 6.54 Å². The molecule has 76 valence electrons. The minimum absolute atomic E-state index is 0.0188. The second-order valence-electron chi connectivity index (χ2n) is 2.71. The van der Waals surface area contributed by atoms with Gasteiger partial charge in [-0.2, -0.15) is 5.10 Å². The Hall–Kier alpha value is -1.72. The number of rotatable bonds is 4. The molecule has 14 heavy (non-hydrogen) atoms. The van der Waals surface area contributed by atoms with Crippen molar-refractivity contribution >= 4 is 11.7 Å². The van der Waals surface area contributed by atoms with Gasteiger partial charge in [0, 0.05) is 6.54 Å². The quantitative estimate of drug-likeness (QED) is 0.541. The lowest BCUT2D eigenvalue weighted by Crippen LogP contribution is -2.05. The van der Waals surface area contributed by atoms with Crippen molar-refractivity contribution in [3.63, 3.8) is 0 Å². The fourth-order valence-electron chi connectivity index (χ4n) is 1.06. The van der Waals surface area contributed by atoms with E-state index >= 15 is 0 Å². The van der Waals surface area contributed by atoms with Crippen molar-refractivity contribution in [1.82, 2.24) is 9.78 Å². The molecular weight excluding hydrogens is 186 g/mol. The van der Waals surface area contributed by atoms with Gasteiger partial charge in [0.05, 0.1) is 13.3 Å². The number of esters is 1. The van der Waals surface area contributed by atoms with E-state index in [1.54, 1.807) is 0 Å². The van der Waals surface area contributed by atoms with E-state index in [0.717, 1.165) is 6.42 Å². The number of carbonyl (C=O) groups excluding carboxylic acids is 1. The summed E-state index contributed by atoms with van der Waals surface area (Å²) in [6.45, 7) is 2.60. The highest BCUT2D eigenvalue weighted by molar-refractivity contribution is 5.92. The zero-order valence-corrected chi connectivity index (χ0v) is 8.06. The van der Waals surface area contributed by atoms with E-state index in [-0.39, 0.29) is 11.4 Å². The van der Waals surface area contributed by atoms with Crippen LogP contribution in [0.2, 0.25) is 0 Å². The third kappa shape index (κ3) is 1.95. The largest absolute Gasteiger partial charge is 0.464 e. The van der Waals surface area contributed by atoms with Crippen LogP contribution in [0.15, 0.2) is 11.4 Å².